The molecular formula is C15H16Br2N2. The minimum atomic E-state index is 0.550. The molecule has 2 aromatic rings. The molecule has 0 unspecified atom stereocenters. The Morgan fingerprint density at radius 1 is 1.00 bits per heavy atom. The molecule has 0 aliphatic rings. The Kier molecular flexibility index (Phi) is 5.02. The molecule has 0 atom stereocenters. The van der Waals surface area contributed by atoms with E-state index in [9.17, 15) is 0 Å². The molecule has 0 aromatic heterocycles. The van der Waals surface area contributed by atoms with Gasteiger partial charge in [-0.15, -0.1) is 0 Å². The topological polar surface area (TPSA) is 29.3 Å². The minimum absolute atomic E-state index is 0.550. The Morgan fingerprint density at radius 3 is 2.37 bits per heavy atom. The van der Waals surface area contributed by atoms with E-state index in [1.807, 2.05) is 6.07 Å². The average molecular weight is 384 g/mol. The van der Waals surface area contributed by atoms with E-state index < -0.39 is 0 Å². The molecule has 0 bridgehead atoms. The largest absolute Gasteiger partial charge is 0.370 e. The van der Waals surface area contributed by atoms with Gasteiger partial charge in [-0.25, -0.2) is 0 Å². The first-order valence-electron chi connectivity index (χ1n) is 6.05. The van der Waals surface area contributed by atoms with Crippen LogP contribution < -0.4 is 10.6 Å². The predicted octanol–water partition coefficient (Wildman–Crippen LogP) is 4.31. The number of nitrogens with zero attached hydrogens (tertiary/aromatic N) is 1. The zero-order chi connectivity index (χ0) is 13.8. The van der Waals surface area contributed by atoms with Crippen LogP contribution in [0, 0.1) is 0 Å². The zero-order valence-electron chi connectivity index (χ0n) is 10.7. The molecule has 0 heterocycles. The third kappa shape index (κ3) is 3.59. The number of hydrogen-bond acceptors (Lipinski definition) is 2. The molecule has 0 aliphatic carbocycles. The average Bonchev–Trinajstić information content (AvgIpc) is 2.41. The second-order valence-electron chi connectivity index (χ2n) is 4.43. The molecule has 0 radical (unpaired) electrons. The van der Waals surface area contributed by atoms with Gasteiger partial charge in [-0.2, -0.15) is 0 Å². The molecular weight excluding hydrogens is 368 g/mol. The van der Waals surface area contributed by atoms with Crippen molar-refractivity contribution in [3.63, 3.8) is 0 Å². The number of hydrogen-bond donors (Lipinski definition) is 1. The first-order chi connectivity index (χ1) is 9.11. The molecule has 2 nitrogen and oxygen atoms in total. The van der Waals surface area contributed by atoms with Crippen LogP contribution in [0.5, 0.6) is 0 Å². The van der Waals surface area contributed by atoms with Crippen LogP contribution >= 0.6 is 31.9 Å². The van der Waals surface area contributed by atoms with Crippen LogP contribution in [0.2, 0.25) is 0 Å². The van der Waals surface area contributed by atoms with Crippen molar-refractivity contribution in [1.82, 2.24) is 0 Å². The highest BCUT2D eigenvalue weighted by Gasteiger charge is 2.07. The predicted molar refractivity (Wildman–Crippen MR) is 88.3 cm³/mol. The lowest BCUT2D eigenvalue weighted by molar-refractivity contribution is 0.916. The summed E-state index contributed by atoms with van der Waals surface area (Å²) in [5, 5.41) is 0. The van der Waals surface area contributed by atoms with Crippen LogP contribution in [0.1, 0.15) is 11.1 Å². The van der Waals surface area contributed by atoms with Gasteiger partial charge in [0.25, 0.3) is 0 Å². The Hall–Kier alpha value is -0.840. The highest BCUT2D eigenvalue weighted by molar-refractivity contribution is 9.10. The van der Waals surface area contributed by atoms with Gasteiger partial charge in [-0.1, -0.05) is 56.1 Å². The molecule has 0 saturated heterocycles. The lowest BCUT2D eigenvalue weighted by Gasteiger charge is -2.21. The number of halogens is 2. The molecule has 0 saturated carbocycles. The molecule has 19 heavy (non-hydrogen) atoms. The van der Waals surface area contributed by atoms with Gasteiger partial charge in [0.1, 0.15) is 0 Å². The van der Waals surface area contributed by atoms with Gasteiger partial charge in [0.2, 0.25) is 0 Å². The molecule has 2 aromatic carbocycles. The van der Waals surface area contributed by atoms with Crippen LogP contribution in [0.25, 0.3) is 0 Å². The van der Waals surface area contributed by atoms with Crippen LogP contribution in [-0.2, 0) is 13.1 Å². The highest BCUT2D eigenvalue weighted by Crippen LogP contribution is 2.25. The molecule has 0 amide bonds. The maximum atomic E-state index is 5.67. The van der Waals surface area contributed by atoms with Gasteiger partial charge >= 0.3 is 0 Å². The first-order valence-corrected chi connectivity index (χ1v) is 7.63. The summed E-state index contributed by atoms with van der Waals surface area (Å²) >= 11 is 7.14. The van der Waals surface area contributed by atoms with E-state index in [4.69, 9.17) is 5.73 Å². The van der Waals surface area contributed by atoms with E-state index in [-0.39, 0.29) is 0 Å². The third-order valence-corrected chi connectivity index (χ3v) is 4.57. The Morgan fingerprint density at radius 2 is 1.74 bits per heavy atom. The molecule has 0 fully saturated rings. The van der Waals surface area contributed by atoms with E-state index in [2.05, 4.69) is 80.2 Å². The SMILES string of the molecule is CN(Cc1ccccc1Br)c1ccc(CN)c(Br)c1. The molecule has 2 rings (SSSR count). The van der Waals surface area contributed by atoms with Gasteiger partial charge in [0.15, 0.2) is 0 Å². The Labute approximate surface area is 130 Å². The molecule has 0 aliphatic heterocycles. The summed E-state index contributed by atoms with van der Waals surface area (Å²) in [5.41, 5.74) is 9.23. The van der Waals surface area contributed by atoms with E-state index in [1.54, 1.807) is 0 Å². The second kappa shape index (κ2) is 6.55. The Balaban J connectivity index is 2.18. The van der Waals surface area contributed by atoms with Crippen LogP contribution in [0.4, 0.5) is 5.69 Å². The lowest BCUT2D eigenvalue weighted by atomic mass is 10.1. The minimum Gasteiger partial charge on any atom is -0.370 e. The lowest BCUT2D eigenvalue weighted by Crippen LogP contribution is -2.16. The summed E-state index contributed by atoms with van der Waals surface area (Å²) in [6.45, 7) is 1.41. The van der Waals surface area contributed by atoms with E-state index >= 15 is 0 Å². The van der Waals surface area contributed by atoms with Crippen LogP contribution in [0.3, 0.4) is 0 Å². The van der Waals surface area contributed by atoms with Gasteiger partial charge in [0.05, 0.1) is 0 Å². The maximum absolute atomic E-state index is 5.67. The van der Waals surface area contributed by atoms with Crippen molar-refractivity contribution in [2.24, 2.45) is 5.73 Å². The normalized spacial score (nSPS) is 10.5. The van der Waals surface area contributed by atoms with E-state index in [1.165, 1.54) is 11.3 Å². The fourth-order valence-corrected chi connectivity index (χ4v) is 2.85. The van der Waals surface area contributed by atoms with Crippen molar-refractivity contribution in [1.29, 1.82) is 0 Å². The number of benzene rings is 2. The van der Waals surface area contributed by atoms with E-state index in [0.29, 0.717) is 6.54 Å². The van der Waals surface area contributed by atoms with Gasteiger partial charge in [0, 0.05) is 34.8 Å². The number of nitrogens with two attached hydrogens (primary N) is 1. The standard InChI is InChI=1S/C15H16Br2N2/c1-19(10-12-4-2-3-5-14(12)16)13-7-6-11(9-18)15(17)8-13/h2-8H,9-10,18H2,1H3. The van der Waals surface area contributed by atoms with Gasteiger partial charge < -0.3 is 10.6 Å². The van der Waals surface area contributed by atoms with Crippen molar-refractivity contribution >= 4 is 37.5 Å². The van der Waals surface area contributed by atoms with Gasteiger partial charge in [-0.05, 0) is 29.3 Å². The van der Waals surface area contributed by atoms with Crippen molar-refractivity contribution in [2.45, 2.75) is 13.1 Å². The molecule has 100 valence electrons. The monoisotopic (exact) mass is 382 g/mol. The number of anilines is 1. The summed E-state index contributed by atoms with van der Waals surface area (Å²) in [6.07, 6.45) is 0. The highest BCUT2D eigenvalue weighted by atomic mass is 79.9. The zero-order valence-corrected chi connectivity index (χ0v) is 13.9. The number of rotatable bonds is 4. The van der Waals surface area contributed by atoms with Crippen LogP contribution in [-0.4, -0.2) is 7.05 Å². The van der Waals surface area contributed by atoms with Crippen LogP contribution in [0.15, 0.2) is 51.4 Å². The molecule has 2 N–H and O–H groups in total. The Bertz CT molecular complexity index is 570. The smallest absolute Gasteiger partial charge is 0.0437 e. The molecule has 0 spiro atoms. The quantitative estimate of drug-likeness (QED) is 0.852. The van der Waals surface area contributed by atoms with Crippen molar-refractivity contribution in [3.8, 4) is 0 Å². The fourth-order valence-electron chi connectivity index (χ4n) is 1.91. The van der Waals surface area contributed by atoms with Gasteiger partial charge in [-0.3, -0.25) is 0 Å². The van der Waals surface area contributed by atoms with Crippen molar-refractivity contribution < 1.29 is 0 Å². The van der Waals surface area contributed by atoms with E-state index in [0.717, 1.165) is 21.1 Å². The summed E-state index contributed by atoms with van der Waals surface area (Å²) in [7, 11) is 2.09. The summed E-state index contributed by atoms with van der Waals surface area (Å²) in [4.78, 5) is 2.21. The third-order valence-electron chi connectivity index (χ3n) is 3.06. The summed E-state index contributed by atoms with van der Waals surface area (Å²) < 4.78 is 2.20. The summed E-state index contributed by atoms with van der Waals surface area (Å²) in [6, 6.07) is 14.6. The van der Waals surface area contributed by atoms with Crippen molar-refractivity contribution in [3.05, 3.63) is 62.5 Å². The first kappa shape index (κ1) is 14.6. The maximum Gasteiger partial charge on any atom is 0.0437 e. The molecule has 4 heteroatoms. The van der Waals surface area contributed by atoms with Crippen molar-refractivity contribution in [2.75, 3.05) is 11.9 Å². The second-order valence-corrected chi connectivity index (χ2v) is 6.14. The fraction of sp³-hybridized carbons (Fsp3) is 0.200. The summed E-state index contributed by atoms with van der Waals surface area (Å²) in [5.74, 6) is 0.